The lowest BCUT2D eigenvalue weighted by Crippen LogP contribution is -2.44. The lowest BCUT2D eigenvalue weighted by Gasteiger charge is -2.32. The molecule has 1 amide bonds. The van der Waals surface area contributed by atoms with E-state index in [4.69, 9.17) is 25.5 Å². The van der Waals surface area contributed by atoms with Crippen LogP contribution in [0.3, 0.4) is 0 Å². The van der Waals surface area contributed by atoms with Crippen LogP contribution < -0.4 is 21.7 Å². The normalized spacial score (nSPS) is 24.8. The van der Waals surface area contributed by atoms with Crippen LogP contribution in [0.25, 0.3) is 11.2 Å². The Morgan fingerprint density at radius 1 is 0.805 bits per heavy atom. The van der Waals surface area contributed by atoms with Gasteiger partial charge in [-0.3, -0.25) is 0 Å². The van der Waals surface area contributed by atoms with E-state index in [1.54, 1.807) is 5.06 Å². The van der Waals surface area contributed by atoms with Gasteiger partial charge in [-0.05, 0) is 64.2 Å². The van der Waals surface area contributed by atoms with E-state index >= 15 is 0 Å². The fraction of sp³-hybridized carbons (Fsp3) is 0.786. The highest BCUT2D eigenvalue weighted by Gasteiger charge is 2.27. The van der Waals surface area contributed by atoms with Crippen molar-refractivity contribution < 1.29 is 9.63 Å². The average molecular weight is 613 g/mol. The fourth-order valence-electron chi connectivity index (χ4n) is 6.82. The van der Waals surface area contributed by atoms with Crippen molar-refractivity contribution in [2.24, 2.45) is 5.73 Å². The maximum atomic E-state index is 12.4. The molecule has 6 rings (SSSR count). The van der Waals surface area contributed by atoms with Gasteiger partial charge in [0.2, 0.25) is 5.95 Å². The summed E-state index contributed by atoms with van der Waals surface area (Å²) < 4.78 is 2.26. The van der Waals surface area contributed by atoms with E-state index in [2.05, 4.69) is 20.5 Å². The molecule has 0 spiro atoms. The summed E-state index contributed by atoms with van der Waals surface area (Å²) in [4.78, 5) is 32.7. The highest BCUT2D eigenvalue weighted by atomic mass is 35.5. The van der Waals surface area contributed by atoms with Gasteiger partial charge in [-0.25, -0.2) is 9.78 Å². The van der Waals surface area contributed by atoms with Gasteiger partial charge in [-0.15, -0.1) is 29.9 Å². The largest absolute Gasteiger partial charge is 0.426 e. The van der Waals surface area contributed by atoms with Crippen LogP contribution >= 0.6 is 24.8 Å². The van der Waals surface area contributed by atoms with Crippen molar-refractivity contribution in [3.05, 3.63) is 6.33 Å². The molecule has 41 heavy (non-hydrogen) atoms. The number of rotatable bonds is 7. The molecule has 0 radical (unpaired) electrons. The van der Waals surface area contributed by atoms with E-state index in [1.165, 1.54) is 44.9 Å². The first-order valence-electron chi connectivity index (χ1n) is 15.4. The Bertz CT molecular complexity index is 1110. The van der Waals surface area contributed by atoms with Crippen LogP contribution in [-0.2, 0) is 4.84 Å². The Labute approximate surface area is 255 Å². The van der Waals surface area contributed by atoms with E-state index in [1.807, 2.05) is 6.33 Å². The number of anilines is 2. The van der Waals surface area contributed by atoms with Gasteiger partial charge in [0.15, 0.2) is 17.0 Å². The Morgan fingerprint density at radius 3 is 2.17 bits per heavy atom. The zero-order valence-electron chi connectivity index (χ0n) is 23.9. The summed E-state index contributed by atoms with van der Waals surface area (Å²) in [5.74, 6) is 1.46. The number of amides is 1. The lowest BCUT2D eigenvalue weighted by molar-refractivity contribution is -0.113. The summed E-state index contributed by atoms with van der Waals surface area (Å²) in [7, 11) is 0. The second kappa shape index (κ2) is 14.9. The molecule has 1 aliphatic heterocycles. The van der Waals surface area contributed by atoms with Gasteiger partial charge in [0.1, 0.15) is 0 Å². The molecule has 11 nitrogen and oxygen atoms in total. The summed E-state index contributed by atoms with van der Waals surface area (Å²) in [5, 5.41) is 12.1. The van der Waals surface area contributed by atoms with Gasteiger partial charge >= 0.3 is 6.09 Å². The number of imidazole rings is 1. The van der Waals surface area contributed by atoms with Crippen LogP contribution in [0.5, 0.6) is 0 Å². The number of halogens is 2. The molecule has 0 atom stereocenters. The third kappa shape index (κ3) is 8.06. The minimum Gasteiger partial charge on any atom is -0.365 e. The molecule has 4 fully saturated rings. The molecule has 2 aromatic rings. The number of nitrogens with zero attached hydrogens (tertiary/aromatic N) is 5. The highest BCUT2D eigenvalue weighted by Crippen LogP contribution is 2.34. The van der Waals surface area contributed by atoms with Gasteiger partial charge in [0.05, 0.1) is 6.33 Å². The molecule has 0 unspecified atom stereocenters. The molecule has 13 heteroatoms. The Morgan fingerprint density at radius 2 is 1.46 bits per heavy atom. The topological polar surface area (TPSA) is 135 Å². The zero-order chi connectivity index (χ0) is 26.6. The summed E-state index contributed by atoms with van der Waals surface area (Å²) in [6.07, 6.45) is 18.1. The number of fused-ring (bicyclic) bond motifs is 1. The van der Waals surface area contributed by atoms with Crippen molar-refractivity contribution in [3.8, 4) is 0 Å². The molecule has 3 heterocycles. The number of piperidine rings is 1. The maximum Gasteiger partial charge on any atom is 0.426 e. The Kier molecular flexibility index (Phi) is 11.6. The maximum absolute atomic E-state index is 12.4. The zero-order valence-corrected chi connectivity index (χ0v) is 25.6. The third-order valence-corrected chi connectivity index (χ3v) is 9.18. The minimum atomic E-state index is -0.317. The number of hydrogen-bond acceptors (Lipinski definition) is 9. The number of carbonyl (C=O) groups is 1. The van der Waals surface area contributed by atoms with Crippen LogP contribution in [0, 0.1) is 0 Å². The van der Waals surface area contributed by atoms with E-state index in [0.29, 0.717) is 37.2 Å². The number of hydrogen-bond donors (Lipinski definition) is 4. The highest BCUT2D eigenvalue weighted by molar-refractivity contribution is 5.86. The molecule has 3 aliphatic carbocycles. The molecule has 0 bridgehead atoms. The van der Waals surface area contributed by atoms with E-state index in [-0.39, 0.29) is 43.0 Å². The first-order valence-corrected chi connectivity index (χ1v) is 15.4. The second-order valence-electron chi connectivity index (χ2n) is 12.1. The van der Waals surface area contributed by atoms with Crippen molar-refractivity contribution in [1.29, 1.82) is 0 Å². The molecular formula is C28H47Cl2N9O2. The number of nitrogens with two attached hydrogens (primary N) is 1. The molecule has 230 valence electrons. The van der Waals surface area contributed by atoms with Crippen LogP contribution in [0.2, 0.25) is 0 Å². The number of nitrogens with one attached hydrogen (secondary N) is 3. The van der Waals surface area contributed by atoms with Gasteiger partial charge in [0.25, 0.3) is 0 Å². The van der Waals surface area contributed by atoms with Gasteiger partial charge in [-0.2, -0.15) is 9.97 Å². The smallest absolute Gasteiger partial charge is 0.365 e. The van der Waals surface area contributed by atoms with E-state index in [9.17, 15) is 4.79 Å². The van der Waals surface area contributed by atoms with Gasteiger partial charge in [0, 0.05) is 43.3 Å². The van der Waals surface area contributed by atoms with Crippen molar-refractivity contribution in [3.63, 3.8) is 0 Å². The van der Waals surface area contributed by atoms with Crippen LogP contribution in [0.15, 0.2) is 6.33 Å². The van der Waals surface area contributed by atoms with E-state index < -0.39 is 0 Å². The SMILES string of the molecule is Cl.Cl.NC1CCC(Nc2nc(NC3CCN(OC(=O)NC4CCCCC4)CC3)c3ncn(C4CCCC4)c3n2)CC1. The molecule has 0 aromatic carbocycles. The second-order valence-corrected chi connectivity index (χ2v) is 12.1. The summed E-state index contributed by atoms with van der Waals surface area (Å²) in [5.41, 5.74) is 7.88. The van der Waals surface area contributed by atoms with Crippen LogP contribution in [0.1, 0.15) is 102 Å². The predicted molar refractivity (Wildman–Crippen MR) is 166 cm³/mol. The first-order chi connectivity index (χ1) is 19.1. The van der Waals surface area contributed by atoms with Crippen molar-refractivity contribution in [2.45, 2.75) is 127 Å². The number of carbonyl (C=O) groups excluding carboxylic acids is 1. The van der Waals surface area contributed by atoms with Crippen molar-refractivity contribution in [1.82, 2.24) is 29.9 Å². The number of hydroxylamine groups is 2. The Balaban J connectivity index is 0.00000194. The van der Waals surface area contributed by atoms with Crippen molar-refractivity contribution in [2.75, 3.05) is 23.7 Å². The quantitative estimate of drug-likeness (QED) is 0.328. The molecule has 2 aromatic heterocycles. The predicted octanol–water partition coefficient (Wildman–Crippen LogP) is 5.32. The summed E-state index contributed by atoms with van der Waals surface area (Å²) in [6.45, 7) is 1.38. The Hall–Kier alpha value is -2.08. The first kappa shape index (κ1) is 31.8. The molecule has 3 saturated carbocycles. The summed E-state index contributed by atoms with van der Waals surface area (Å²) in [6, 6.07) is 1.58. The van der Waals surface area contributed by atoms with Crippen LogP contribution in [0.4, 0.5) is 16.6 Å². The summed E-state index contributed by atoms with van der Waals surface area (Å²) >= 11 is 0. The fourth-order valence-corrected chi connectivity index (χ4v) is 6.82. The van der Waals surface area contributed by atoms with Crippen molar-refractivity contribution >= 4 is 53.8 Å². The van der Waals surface area contributed by atoms with Gasteiger partial charge < -0.3 is 31.1 Å². The minimum absolute atomic E-state index is 0. The van der Waals surface area contributed by atoms with E-state index in [0.717, 1.165) is 68.3 Å². The molecule has 1 saturated heterocycles. The van der Waals surface area contributed by atoms with Crippen LogP contribution in [-0.4, -0.2) is 67.9 Å². The lowest BCUT2D eigenvalue weighted by atomic mass is 9.92. The average Bonchev–Trinajstić information content (AvgIpc) is 3.62. The molecular weight excluding hydrogens is 565 g/mol. The van der Waals surface area contributed by atoms with Gasteiger partial charge in [-0.1, -0.05) is 32.1 Å². The molecule has 4 aliphatic rings. The monoisotopic (exact) mass is 611 g/mol. The standard InChI is InChI=1S/C28H45N9O2.2ClH/c29-19-10-12-21(13-11-19)32-27-34-25(24-26(35-27)37(18-30-24)23-8-4-5-9-23)31-22-14-16-36(17-15-22)39-28(38)33-20-6-2-1-3-7-20;;/h18-23H,1-17,29H2,(H,33,38)(H2,31,32,34,35);2*1H. The molecule has 5 N–H and O–H groups in total. The number of aromatic nitrogens is 4. The third-order valence-electron chi connectivity index (χ3n) is 9.18.